The maximum absolute atomic E-state index is 14.5. The second-order valence-corrected chi connectivity index (χ2v) is 8.89. The van der Waals surface area contributed by atoms with Gasteiger partial charge in [0.05, 0.1) is 6.54 Å². The summed E-state index contributed by atoms with van der Waals surface area (Å²) in [4.78, 5) is 12.8. The Kier molecular flexibility index (Phi) is 7.56. The topological polar surface area (TPSA) is 59.5 Å². The zero-order valence-corrected chi connectivity index (χ0v) is 19.7. The van der Waals surface area contributed by atoms with E-state index in [1.807, 2.05) is 11.9 Å². The molecule has 1 aliphatic heterocycles. The monoisotopic (exact) mass is 498 g/mol. The van der Waals surface area contributed by atoms with Crippen LogP contribution < -0.4 is 5.73 Å². The Morgan fingerprint density at radius 1 is 0.972 bits per heavy atom. The Balaban J connectivity index is 0.000000286. The number of furan rings is 1. The largest absolute Gasteiger partial charge is 0.459 e. The number of carbonyl (C=O) groups excluding carboxylic acids is 1. The zero-order chi connectivity index (χ0) is 25.9. The second-order valence-electron chi connectivity index (χ2n) is 8.89. The van der Waals surface area contributed by atoms with Crippen LogP contribution in [0.2, 0.25) is 0 Å². The Labute approximate surface area is 206 Å². The first-order valence-corrected chi connectivity index (χ1v) is 11.5. The van der Waals surface area contributed by atoms with Crippen molar-refractivity contribution in [3.05, 3.63) is 83.6 Å². The fraction of sp³-hybridized carbons (Fsp3) is 0.250. The Morgan fingerprint density at radius 2 is 1.72 bits per heavy atom. The summed E-state index contributed by atoms with van der Waals surface area (Å²) in [6.45, 7) is 1.29. The first-order chi connectivity index (χ1) is 17.2. The molecule has 1 aromatic heterocycles. The van der Waals surface area contributed by atoms with Gasteiger partial charge in [0, 0.05) is 48.0 Å². The van der Waals surface area contributed by atoms with Crippen molar-refractivity contribution < 1.29 is 26.8 Å². The van der Waals surface area contributed by atoms with E-state index in [0.717, 1.165) is 5.39 Å². The number of likely N-dealkylation sites (tertiary alicyclic amines) is 1. The van der Waals surface area contributed by atoms with E-state index in [0.29, 0.717) is 53.0 Å². The molecule has 0 aliphatic carbocycles. The summed E-state index contributed by atoms with van der Waals surface area (Å²) in [6, 6.07) is 15.8. The van der Waals surface area contributed by atoms with Crippen LogP contribution in [0.3, 0.4) is 0 Å². The summed E-state index contributed by atoms with van der Waals surface area (Å²) in [5.74, 6) is -2.69. The van der Waals surface area contributed by atoms with E-state index in [1.165, 1.54) is 18.2 Å². The van der Waals surface area contributed by atoms with Gasteiger partial charge in [-0.15, -0.1) is 0 Å². The molecule has 36 heavy (non-hydrogen) atoms. The summed E-state index contributed by atoms with van der Waals surface area (Å²) in [7, 11) is 1.87. The lowest BCUT2D eigenvalue weighted by Gasteiger charge is -2.28. The molecule has 8 heteroatoms. The van der Waals surface area contributed by atoms with Crippen LogP contribution in [-0.2, 0) is 6.54 Å². The maximum Gasteiger partial charge on any atom is 0.250 e. The summed E-state index contributed by atoms with van der Waals surface area (Å²) in [6.07, 6.45) is 0.658. The van der Waals surface area contributed by atoms with Gasteiger partial charge in [0.15, 0.2) is 0 Å². The highest BCUT2D eigenvalue weighted by atomic mass is 19.3. The third-order valence-electron chi connectivity index (χ3n) is 6.16. The Bertz CT molecular complexity index is 1370. The number of carbonyl (C=O) groups is 1. The molecule has 0 unspecified atom stereocenters. The number of piperidine rings is 1. The molecule has 1 fully saturated rings. The van der Waals surface area contributed by atoms with Crippen LogP contribution in [0, 0.1) is 11.6 Å². The van der Waals surface area contributed by atoms with E-state index in [9.17, 15) is 22.4 Å². The van der Waals surface area contributed by atoms with Crippen LogP contribution in [0.15, 0.2) is 65.1 Å². The van der Waals surface area contributed by atoms with Gasteiger partial charge in [0.1, 0.15) is 29.3 Å². The van der Waals surface area contributed by atoms with Crippen molar-refractivity contribution in [2.45, 2.75) is 25.3 Å². The molecule has 0 atom stereocenters. The maximum atomic E-state index is 14.5. The van der Waals surface area contributed by atoms with E-state index in [-0.39, 0.29) is 30.8 Å². The van der Waals surface area contributed by atoms with Crippen molar-refractivity contribution in [1.29, 1.82) is 0 Å². The lowest BCUT2D eigenvalue weighted by Crippen LogP contribution is -2.36. The van der Waals surface area contributed by atoms with E-state index in [4.69, 9.17) is 10.2 Å². The average molecular weight is 499 g/mol. The van der Waals surface area contributed by atoms with Crippen molar-refractivity contribution in [2.24, 2.45) is 5.73 Å². The van der Waals surface area contributed by atoms with Crippen LogP contribution >= 0.6 is 0 Å². The predicted octanol–water partition coefficient (Wildman–Crippen LogP) is 6.66. The van der Waals surface area contributed by atoms with Gasteiger partial charge in [-0.3, -0.25) is 4.79 Å². The molecular formula is C28H26F4N2O2. The van der Waals surface area contributed by atoms with Gasteiger partial charge in [0.2, 0.25) is 0 Å². The number of fused-ring (bicyclic) bond motifs is 1. The molecule has 4 aromatic rings. The van der Waals surface area contributed by atoms with Crippen LogP contribution in [0.1, 0.15) is 29.0 Å². The summed E-state index contributed by atoms with van der Waals surface area (Å²) >= 11 is 0. The van der Waals surface area contributed by atoms with Gasteiger partial charge in [-0.1, -0.05) is 24.3 Å². The molecule has 0 radical (unpaired) electrons. The molecule has 2 heterocycles. The third kappa shape index (κ3) is 5.83. The molecule has 1 saturated heterocycles. The van der Waals surface area contributed by atoms with Gasteiger partial charge >= 0.3 is 0 Å². The lowest BCUT2D eigenvalue weighted by atomic mass is 9.96. The van der Waals surface area contributed by atoms with Gasteiger partial charge in [-0.05, 0) is 54.6 Å². The molecule has 1 aliphatic rings. The fourth-order valence-corrected chi connectivity index (χ4v) is 4.12. The number of benzene rings is 3. The number of halogens is 4. The molecule has 2 N–H and O–H groups in total. The fourth-order valence-electron chi connectivity index (χ4n) is 4.12. The van der Waals surface area contributed by atoms with E-state index in [1.54, 1.807) is 42.5 Å². The quantitative estimate of drug-likeness (QED) is 0.252. The van der Waals surface area contributed by atoms with E-state index < -0.39 is 11.7 Å². The second kappa shape index (κ2) is 10.6. The van der Waals surface area contributed by atoms with Crippen molar-refractivity contribution in [3.8, 4) is 22.3 Å². The summed E-state index contributed by atoms with van der Waals surface area (Å²) < 4.78 is 58.8. The SMILES string of the molecule is CN1CCC(F)(F)CC1.NCc1cc2cc(-c3ccc(C=O)cc3F)cc(-c3cccc(F)c3)c2o1. The van der Waals surface area contributed by atoms with Gasteiger partial charge in [0.25, 0.3) is 5.92 Å². The number of rotatable bonds is 4. The standard InChI is InChI=1S/C22H15F2NO2.C6H11F2N/c23-17-3-1-2-14(8-17)20-10-15(7-16-9-18(11-25)27-22(16)20)19-5-4-13(12-26)6-21(19)24;1-9-4-2-6(7,8)3-5-9/h1-10,12H,11,25H2;2-5H2,1H3. The van der Waals surface area contributed by atoms with Crippen molar-refractivity contribution in [2.75, 3.05) is 20.1 Å². The first-order valence-electron chi connectivity index (χ1n) is 11.5. The minimum absolute atomic E-state index is 0.0312. The van der Waals surface area contributed by atoms with Crippen molar-refractivity contribution in [1.82, 2.24) is 4.90 Å². The molecule has 3 aromatic carbocycles. The van der Waals surface area contributed by atoms with Crippen LogP contribution in [0.25, 0.3) is 33.2 Å². The predicted molar refractivity (Wildman–Crippen MR) is 132 cm³/mol. The van der Waals surface area contributed by atoms with Crippen molar-refractivity contribution >= 4 is 17.3 Å². The smallest absolute Gasteiger partial charge is 0.250 e. The summed E-state index contributed by atoms with van der Waals surface area (Å²) in [5.41, 5.74) is 8.71. The average Bonchev–Trinajstić information content (AvgIpc) is 3.29. The van der Waals surface area contributed by atoms with Crippen LogP contribution in [0.5, 0.6) is 0 Å². The van der Waals surface area contributed by atoms with E-state index in [2.05, 4.69) is 0 Å². The number of nitrogens with zero attached hydrogens (tertiary/aromatic N) is 1. The highest BCUT2D eigenvalue weighted by molar-refractivity contribution is 5.97. The molecule has 5 rings (SSSR count). The number of aldehydes is 1. The number of hydrogen-bond acceptors (Lipinski definition) is 4. The Hall–Kier alpha value is -3.49. The lowest BCUT2D eigenvalue weighted by molar-refractivity contribution is -0.0504. The normalized spacial score (nSPS) is 15.4. The highest BCUT2D eigenvalue weighted by Crippen LogP contribution is 2.37. The van der Waals surface area contributed by atoms with Crippen LogP contribution in [-0.4, -0.2) is 37.2 Å². The molecular weight excluding hydrogens is 472 g/mol. The van der Waals surface area contributed by atoms with E-state index >= 15 is 0 Å². The van der Waals surface area contributed by atoms with Crippen molar-refractivity contribution in [3.63, 3.8) is 0 Å². The molecule has 0 bridgehead atoms. The third-order valence-corrected chi connectivity index (χ3v) is 6.16. The highest BCUT2D eigenvalue weighted by Gasteiger charge is 2.32. The minimum atomic E-state index is -2.38. The van der Waals surface area contributed by atoms with Crippen LogP contribution in [0.4, 0.5) is 17.6 Å². The molecule has 0 spiro atoms. The Morgan fingerprint density at radius 3 is 2.33 bits per heavy atom. The first kappa shape index (κ1) is 25.6. The molecule has 0 amide bonds. The zero-order valence-electron chi connectivity index (χ0n) is 19.7. The number of nitrogens with two attached hydrogens (primary N) is 1. The van der Waals surface area contributed by atoms with Gasteiger partial charge < -0.3 is 15.1 Å². The molecule has 188 valence electrons. The molecule has 0 saturated carbocycles. The minimum Gasteiger partial charge on any atom is -0.459 e. The number of hydrogen-bond donors (Lipinski definition) is 1. The molecule has 4 nitrogen and oxygen atoms in total. The number of alkyl halides is 2. The van der Waals surface area contributed by atoms with Gasteiger partial charge in [-0.2, -0.15) is 0 Å². The summed E-state index contributed by atoms with van der Waals surface area (Å²) in [5, 5.41) is 0.742. The van der Waals surface area contributed by atoms with Gasteiger partial charge in [-0.25, -0.2) is 17.6 Å².